The molecule has 2 saturated carbocycles. The molecular formula is C24H36N2O4. The summed E-state index contributed by atoms with van der Waals surface area (Å²) >= 11 is 0. The lowest BCUT2D eigenvalue weighted by atomic mass is 9.91. The number of hydrogen-bond acceptors (Lipinski definition) is 6. The van der Waals surface area contributed by atoms with E-state index < -0.39 is 0 Å². The molecule has 1 aromatic rings. The number of rotatable bonds is 7. The van der Waals surface area contributed by atoms with Crippen LogP contribution in [0.3, 0.4) is 0 Å². The molecule has 0 aliphatic heterocycles. The van der Waals surface area contributed by atoms with Crippen LogP contribution in [-0.4, -0.2) is 47.3 Å². The predicted octanol–water partition coefficient (Wildman–Crippen LogP) is 4.03. The second-order valence-corrected chi connectivity index (χ2v) is 10.1. The third-order valence-electron chi connectivity index (χ3n) is 4.85. The van der Waals surface area contributed by atoms with Gasteiger partial charge in [-0.1, -0.05) is 0 Å². The van der Waals surface area contributed by atoms with Crippen molar-refractivity contribution in [2.24, 2.45) is 0 Å². The molecule has 1 aromatic heterocycles. The van der Waals surface area contributed by atoms with Crippen LogP contribution >= 0.6 is 0 Å². The SMILES string of the molecule is CC(C)(C)OC1CC(OCNC#Cc2ccc(OC3CC(OC(C)(C)C)C3)cn2)C1. The van der Waals surface area contributed by atoms with E-state index in [-0.39, 0.29) is 23.4 Å². The van der Waals surface area contributed by atoms with Gasteiger partial charge in [-0.05, 0) is 59.6 Å². The number of hydrogen-bond donors (Lipinski definition) is 1. The molecule has 0 spiro atoms. The van der Waals surface area contributed by atoms with E-state index in [9.17, 15) is 0 Å². The lowest BCUT2D eigenvalue weighted by Crippen LogP contribution is -2.43. The number of nitrogens with zero attached hydrogens (tertiary/aromatic N) is 1. The van der Waals surface area contributed by atoms with E-state index in [4.69, 9.17) is 18.9 Å². The van der Waals surface area contributed by atoms with Crippen LogP contribution in [0.25, 0.3) is 0 Å². The Kier molecular flexibility index (Phi) is 7.28. The average Bonchev–Trinajstić information content (AvgIpc) is 2.56. The maximum absolute atomic E-state index is 5.94. The summed E-state index contributed by atoms with van der Waals surface area (Å²) in [7, 11) is 0. The smallest absolute Gasteiger partial charge is 0.138 e. The Bertz CT molecular complexity index is 728. The first-order chi connectivity index (χ1) is 14.1. The maximum Gasteiger partial charge on any atom is 0.138 e. The molecule has 2 aliphatic rings. The maximum atomic E-state index is 5.94. The zero-order valence-corrected chi connectivity index (χ0v) is 19.2. The Morgan fingerprint density at radius 1 is 0.900 bits per heavy atom. The van der Waals surface area contributed by atoms with E-state index in [2.05, 4.69) is 63.8 Å². The minimum atomic E-state index is -0.0996. The van der Waals surface area contributed by atoms with Crippen LogP contribution in [-0.2, 0) is 14.2 Å². The van der Waals surface area contributed by atoms with Gasteiger partial charge >= 0.3 is 0 Å². The number of nitrogens with one attached hydrogen (secondary N) is 1. The number of ether oxygens (including phenoxy) is 4. The molecule has 166 valence electrons. The van der Waals surface area contributed by atoms with Gasteiger partial charge in [0.15, 0.2) is 0 Å². The lowest BCUT2D eigenvalue weighted by molar-refractivity contribution is -0.149. The van der Waals surface area contributed by atoms with Gasteiger partial charge < -0.3 is 24.3 Å². The minimum Gasteiger partial charge on any atom is -0.489 e. The quantitative estimate of drug-likeness (QED) is 0.313. The van der Waals surface area contributed by atoms with Crippen LogP contribution in [0.4, 0.5) is 0 Å². The van der Waals surface area contributed by atoms with Crippen LogP contribution in [0.1, 0.15) is 72.9 Å². The van der Waals surface area contributed by atoms with Crippen molar-refractivity contribution in [1.29, 1.82) is 0 Å². The van der Waals surface area contributed by atoms with Crippen LogP contribution in [0.2, 0.25) is 0 Å². The fraction of sp³-hybridized carbons (Fsp3) is 0.708. The Morgan fingerprint density at radius 3 is 2.03 bits per heavy atom. The summed E-state index contributed by atoms with van der Waals surface area (Å²) < 4.78 is 23.5. The van der Waals surface area contributed by atoms with Crippen molar-refractivity contribution in [3.05, 3.63) is 24.0 Å². The van der Waals surface area contributed by atoms with Crippen molar-refractivity contribution in [2.45, 2.75) is 103 Å². The zero-order valence-electron chi connectivity index (χ0n) is 19.2. The summed E-state index contributed by atoms with van der Waals surface area (Å²) in [6.07, 6.45) is 6.51. The third kappa shape index (κ3) is 7.79. The molecule has 6 heteroatoms. The van der Waals surface area contributed by atoms with E-state index in [1.165, 1.54) is 0 Å². The Labute approximate surface area is 181 Å². The van der Waals surface area contributed by atoms with Crippen molar-refractivity contribution in [3.8, 4) is 17.7 Å². The van der Waals surface area contributed by atoms with Crippen molar-refractivity contribution in [1.82, 2.24) is 10.3 Å². The molecule has 30 heavy (non-hydrogen) atoms. The molecule has 0 bridgehead atoms. The van der Waals surface area contributed by atoms with Gasteiger partial charge in [-0.25, -0.2) is 4.98 Å². The molecule has 2 fully saturated rings. The molecule has 6 nitrogen and oxygen atoms in total. The van der Waals surface area contributed by atoms with Gasteiger partial charge in [-0.15, -0.1) is 0 Å². The molecule has 1 heterocycles. The summed E-state index contributed by atoms with van der Waals surface area (Å²) in [6.45, 7) is 12.9. The first-order valence-corrected chi connectivity index (χ1v) is 10.9. The first-order valence-electron chi connectivity index (χ1n) is 10.9. The van der Waals surface area contributed by atoms with Crippen molar-refractivity contribution >= 4 is 0 Å². The molecule has 2 aliphatic carbocycles. The van der Waals surface area contributed by atoms with Crippen LogP contribution < -0.4 is 10.1 Å². The molecule has 0 atom stereocenters. The molecule has 0 radical (unpaired) electrons. The first kappa shape index (κ1) is 22.9. The fourth-order valence-corrected chi connectivity index (χ4v) is 3.48. The molecule has 1 N–H and O–H groups in total. The van der Waals surface area contributed by atoms with E-state index in [0.29, 0.717) is 24.6 Å². The summed E-state index contributed by atoms with van der Waals surface area (Å²) in [5.74, 6) is 3.75. The zero-order chi connectivity index (χ0) is 21.8. The highest BCUT2D eigenvalue weighted by molar-refractivity contribution is 5.31. The second-order valence-electron chi connectivity index (χ2n) is 10.1. The normalized spacial score (nSPS) is 26.1. The standard InChI is InChI=1S/C24H36N2O4/c1-23(2,3)29-21-11-19(12-21)27-16-25-10-9-17-7-8-18(15-26-17)28-20-13-22(14-20)30-24(4,5)6/h7-8,15,19-22,25H,11-14,16H2,1-6H3. The molecular weight excluding hydrogens is 380 g/mol. The largest absolute Gasteiger partial charge is 0.489 e. The molecule has 0 unspecified atom stereocenters. The number of pyridine rings is 1. The van der Waals surface area contributed by atoms with Gasteiger partial charge in [-0.3, -0.25) is 0 Å². The van der Waals surface area contributed by atoms with Gasteiger partial charge in [-0.2, -0.15) is 0 Å². The minimum absolute atomic E-state index is 0.0894. The van der Waals surface area contributed by atoms with E-state index in [1.807, 2.05) is 12.1 Å². The van der Waals surface area contributed by atoms with Crippen molar-refractivity contribution < 1.29 is 18.9 Å². The molecule has 0 aromatic carbocycles. The van der Waals surface area contributed by atoms with Gasteiger partial charge in [0.2, 0.25) is 0 Å². The Balaban J connectivity index is 1.28. The van der Waals surface area contributed by atoms with Gasteiger partial charge in [0, 0.05) is 31.7 Å². The number of aromatic nitrogens is 1. The Morgan fingerprint density at radius 2 is 1.50 bits per heavy atom. The molecule has 0 amide bonds. The predicted molar refractivity (Wildman–Crippen MR) is 116 cm³/mol. The van der Waals surface area contributed by atoms with Crippen LogP contribution in [0.5, 0.6) is 5.75 Å². The third-order valence-corrected chi connectivity index (χ3v) is 4.85. The van der Waals surface area contributed by atoms with Crippen molar-refractivity contribution in [3.63, 3.8) is 0 Å². The summed E-state index contributed by atoms with van der Waals surface area (Å²) in [6, 6.07) is 6.67. The van der Waals surface area contributed by atoms with Gasteiger partial charge in [0.05, 0.1) is 35.7 Å². The molecule has 3 rings (SSSR count). The summed E-state index contributed by atoms with van der Waals surface area (Å²) in [5.41, 5.74) is 0.505. The van der Waals surface area contributed by atoms with Gasteiger partial charge in [0.1, 0.15) is 24.3 Å². The van der Waals surface area contributed by atoms with Crippen LogP contribution in [0.15, 0.2) is 18.3 Å². The summed E-state index contributed by atoms with van der Waals surface area (Å²) in [4.78, 5) is 4.35. The Hall–Kier alpha value is -1.81. The van der Waals surface area contributed by atoms with Gasteiger partial charge in [0.25, 0.3) is 0 Å². The molecule has 0 saturated heterocycles. The second kappa shape index (κ2) is 9.55. The topological polar surface area (TPSA) is 61.8 Å². The summed E-state index contributed by atoms with van der Waals surface area (Å²) in [5, 5.41) is 2.98. The highest BCUT2D eigenvalue weighted by atomic mass is 16.5. The van der Waals surface area contributed by atoms with E-state index in [1.54, 1.807) is 6.20 Å². The van der Waals surface area contributed by atoms with E-state index in [0.717, 1.165) is 31.4 Å². The lowest BCUT2D eigenvalue weighted by Gasteiger charge is -2.39. The average molecular weight is 417 g/mol. The highest BCUT2D eigenvalue weighted by Gasteiger charge is 2.35. The highest BCUT2D eigenvalue weighted by Crippen LogP contribution is 2.31. The monoisotopic (exact) mass is 416 g/mol. The van der Waals surface area contributed by atoms with E-state index >= 15 is 0 Å². The van der Waals surface area contributed by atoms with Crippen LogP contribution in [0, 0.1) is 12.0 Å². The van der Waals surface area contributed by atoms with Crippen molar-refractivity contribution in [2.75, 3.05) is 6.73 Å². The fourth-order valence-electron chi connectivity index (χ4n) is 3.48.